The molecule has 1 atom stereocenters. The Morgan fingerprint density at radius 1 is 1.50 bits per heavy atom. The first-order chi connectivity index (χ1) is 7.70. The van der Waals surface area contributed by atoms with Gasteiger partial charge in [-0.1, -0.05) is 17.7 Å². The Hall–Kier alpha value is -1.35. The number of hydrogen-bond acceptors (Lipinski definition) is 2. The maximum Gasteiger partial charge on any atom is 0.253 e. The monoisotopic (exact) mass is 218 g/mol. The third-order valence-electron chi connectivity index (χ3n) is 3.15. The van der Waals surface area contributed by atoms with Crippen molar-refractivity contribution in [2.75, 3.05) is 20.1 Å². The number of rotatable bonds is 2. The van der Waals surface area contributed by atoms with Crippen LogP contribution in [-0.4, -0.2) is 37.0 Å². The van der Waals surface area contributed by atoms with Crippen molar-refractivity contribution in [3.8, 4) is 0 Å². The zero-order valence-corrected chi connectivity index (χ0v) is 9.86. The summed E-state index contributed by atoms with van der Waals surface area (Å²) in [5, 5.41) is 3.22. The van der Waals surface area contributed by atoms with E-state index in [9.17, 15) is 4.79 Å². The first kappa shape index (κ1) is 11.1. The molecular weight excluding hydrogens is 200 g/mol. The minimum Gasteiger partial charge on any atom is -0.337 e. The van der Waals surface area contributed by atoms with Gasteiger partial charge >= 0.3 is 0 Å². The minimum absolute atomic E-state index is 0.154. The Morgan fingerprint density at radius 3 is 2.94 bits per heavy atom. The van der Waals surface area contributed by atoms with E-state index in [-0.39, 0.29) is 5.91 Å². The highest BCUT2D eigenvalue weighted by atomic mass is 16.2. The van der Waals surface area contributed by atoms with Gasteiger partial charge in [0.25, 0.3) is 5.91 Å². The SMILES string of the molecule is CNC1CCN(C(=O)c2cccc(C)c2)C1. The molecule has 1 aliphatic rings. The number of amides is 1. The molecule has 1 saturated heterocycles. The maximum absolute atomic E-state index is 12.2. The van der Waals surface area contributed by atoms with Gasteiger partial charge < -0.3 is 10.2 Å². The second-order valence-electron chi connectivity index (χ2n) is 4.39. The highest BCUT2D eigenvalue weighted by Gasteiger charge is 2.25. The van der Waals surface area contributed by atoms with Crippen molar-refractivity contribution in [1.82, 2.24) is 10.2 Å². The number of aryl methyl sites for hydroxylation is 1. The molecule has 0 radical (unpaired) electrons. The van der Waals surface area contributed by atoms with E-state index < -0.39 is 0 Å². The van der Waals surface area contributed by atoms with Crippen LogP contribution in [0.3, 0.4) is 0 Å². The molecule has 0 aliphatic carbocycles. The molecule has 0 bridgehead atoms. The van der Waals surface area contributed by atoms with Gasteiger partial charge in [-0.2, -0.15) is 0 Å². The van der Waals surface area contributed by atoms with Gasteiger partial charge in [0.2, 0.25) is 0 Å². The van der Waals surface area contributed by atoms with Gasteiger partial charge in [0.1, 0.15) is 0 Å². The summed E-state index contributed by atoms with van der Waals surface area (Å²) >= 11 is 0. The van der Waals surface area contributed by atoms with Gasteiger partial charge in [-0.3, -0.25) is 4.79 Å². The molecule has 0 spiro atoms. The molecule has 16 heavy (non-hydrogen) atoms. The smallest absolute Gasteiger partial charge is 0.253 e. The molecule has 3 nitrogen and oxygen atoms in total. The van der Waals surface area contributed by atoms with Crippen molar-refractivity contribution in [3.05, 3.63) is 35.4 Å². The third kappa shape index (κ3) is 2.25. The van der Waals surface area contributed by atoms with Crippen LogP contribution in [0.15, 0.2) is 24.3 Å². The first-order valence-corrected chi connectivity index (χ1v) is 5.74. The quantitative estimate of drug-likeness (QED) is 0.814. The second-order valence-corrected chi connectivity index (χ2v) is 4.39. The normalized spacial score (nSPS) is 20.1. The Morgan fingerprint density at radius 2 is 2.31 bits per heavy atom. The van der Waals surface area contributed by atoms with E-state index >= 15 is 0 Å². The lowest BCUT2D eigenvalue weighted by Gasteiger charge is -2.16. The molecule has 1 fully saturated rings. The van der Waals surface area contributed by atoms with E-state index in [0.717, 1.165) is 30.6 Å². The van der Waals surface area contributed by atoms with Crippen LogP contribution in [0.1, 0.15) is 22.3 Å². The topological polar surface area (TPSA) is 32.3 Å². The number of nitrogens with zero attached hydrogens (tertiary/aromatic N) is 1. The van der Waals surface area contributed by atoms with Gasteiger partial charge in [0, 0.05) is 24.7 Å². The molecule has 0 aromatic heterocycles. The van der Waals surface area contributed by atoms with Gasteiger partial charge in [-0.25, -0.2) is 0 Å². The fraction of sp³-hybridized carbons (Fsp3) is 0.462. The van der Waals surface area contributed by atoms with Crippen LogP contribution in [0.2, 0.25) is 0 Å². The second kappa shape index (κ2) is 4.66. The minimum atomic E-state index is 0.154. The standard InChI is InChI=1S/C13H18N2O/c1-10-4-3-5-11(8-10)13(16)15-7-6-12(9-15)14-2/h3-5,8,12,14H,6-7,9H2,1-2H3. The summed E-state index contributed by atoms with van der Waals surface area (Å²) in [7, 11) is 1.95. The summed E-state index contributed by atoms with van der Waals surface area (Å²) in [6.45, 7) is 3.69. The highest BCUT2D eigenvalue weighted by molar-refractivity contribution is 5.94. The van der Waals surface area contributed by atoms with Crippen molar-refractivity contribution in [2.24, 2.45) is 0 Å². The fourth-order valence-corrected chi connectivity index (χ4v) is 2.14. The van der Waals surface area contributed by atoms with Crippen molar-refractivity contribution < 1.29 is 4.79 Å². The summed E-state index contributed by atoms with van der Waals surface area (Å²) in [6.07, 6.45) is 1.05. The number of carbonyl (C=O) groups excluding carboxylic acids is 1. The van der Waals surface area contributed by atoms with E-state index in [0.29, 0.717) is 6.04 Å². The van der Waals surface area contributed by atoms with Crippen LogP contribution >= 0.6 is 0 Å². The average Bonchev–Trinajstić information content (AvgIpc) is 2.76. The van der Waals surface area contributed by atoms with Crippen molar-refractivity contribution in [1.29, 1.82) is 0 Å². The summed E-state index contributed by atoms with van der Waals surface area (Å²) in [5.41, 5.74) is 1.94. The number of hydrogen-bond donors (Lipinski definition) is 1. The largest absolute Gasteiger partial charge is 0.337 e. The van der Waals surface area contributed by atoms with Crippen LogP contribution < -0.4 is 5.32 Å². The van der Waals surface area contributed by atoms with Gasteiger partial charge in [0.05, 0.1) is 0 Å². The summed E-state index contributed by atoms with van der Waals surface area (Å²) in [5.74, 6) is 0.154. The summed E-state index contributed by atoms with van der Waals surface area (Å²) in [4.78, 5) is 14.1. The van der Waals surface area contributed by atoms with E-state index in [2.05, 4.69) is 5.32 Å². The number of likely N-dealkylation sites (tertiary alicyclic amines) is 1. The van der Waals surface area contributed by atoms with E-state index in [1.54, 1.807) is 0 Å². The van der Waals surface area contributed by atoms with Crippen LogP contribution in [0.25, 0.3) is 0 Å². The predicted octanol–water partition coefficient (Wildman–Crippen LogP) is 1.43. The van der Waals surface area contributed by atoms with Crippen LogP contribution in [0.5, 0.6) is 0 Å². The van der Waals surface area contributed by atoms with Crippen LogP contribution in [-0.2, 0) is 0 Å². The Bertz CT molecular complexity index is 389. The molecule has 1 aliphatic heterocycles. The summed E-state index contributed by atoms with van der Waals surface area (Å²) < 4.78 is 0. The van der Waals surface area contributed by atoms with Crippen molar-refractivity contribution in [3.63, 3.8) is 0 Å². The lowest BCUT2D eigenvalue weighted by Crippen LogP contribution is -2.33. The van der Waals surface area contributed by atoms with Crippen molar-refractivity contribution in [2.45, 2.75) is 19.4 Å². The summed E-state index contributed by atoms with van der Waals surface area (Å²) in [6, 6.07) is 8.25. The molecule has 0 saturated carbocycles. The molecule has 3 heteroatoms. The molecule has 1 heterocycles. The fourth-order valence-electron chi connectivity index (χ4n) is 2.14. The zero-order chi connectivity index (χ0) is 11.5. The number of benzene rings is 1. The van der Waals surface area contributed by atoms with Crippen molar-refractivity contribution >= 4 is 5.91 Å². The lowest BCUT2D eigenvalue weighted by molar-refractivity contribution is 0.0789. The van der Waals surface area contributed by atoms with E-state index in [1.165, 1.54) is 0 Å². The average molecular weight is 218 g/mol. The van der Waals surface area contributed by atoms with E-state index in [4.69, 9.17) is 0 Å². The molecule has 1 N–H and O–H groups in total. The van der Waals surface area contributed by atoms with Crippen LogP contribution in [0.4, 0.5) is 0 Å². The lowest BCUT2D eigenvalue weighted by atomic mass is 10.1. The third-order valence-corrected chi connectivity index (χ3v) is 3.15. The Kier molecular flexibility index (Phi) is 3.25. The molecule has 2 rings (SSSR count). The number of carbonyl (C=O) groups is 1. The van der Waals surface area contributed by atoms with Crippen LogP contribution in [0, 0.1) is 6.92 Å². The van der Waals surface area contributed by atoms with Gasteiger partial charge in [0.15, 0.2) is 0 Å². The molecule has 1 amide bonds. The predicted molar refractivity (Wildman–Crippen MR) is 64.5 cm³/mol. The Balaban J connectivity index is 2.08. The first-order valence-electron chi connectivity index (χ1n) is 5.74. The molecule has 86 valence electrons. The van der Waals surface area contributed by atoms with Gasteiger partial charge in [-0.15, -0.1) is 0 Å². The van der Waals surface area contributed by atoms with E-state index in [1.807, 2.05) is 43.1 Å². The number of likely N-dealkylation sites (N-methyl/N-ethyl adjacent to an activating group) is 1. The molecule has 1 aromatic carbocycles. The maximum atomic E-state index is 12.2. The number of nitrogens with one attached hydrogen (secondary N) is 1. The molecule has 1 aromatic rings. The highest BCUT2D eigenvalue weighted by Crippen LogP contribution is 2.14. The zero-order valence-electron chi connectivity index (χ0n) is 9.86. The van der Waals surface area contributed by atoms with Gasteiger partial charge in [-0.05, 0) is 32.5 Å². The molecular formula is C13H18N2O. The molecule has 1 unspecified atom stereocenters. The Labute approximate surface area is 96.5 Å².